The van der Waals surface area contributed by atoms with E-state index in [1.807, 2.05) is 19.2 Å². The van der Waals surface area contributed by atoms with Gasteiger partial charge in [-0.2, -0.15) is 0 Å². The Balaban J connectivity index is 2.01. The third-order valence-corrected chi connectivity index (χ3v) is 3.67. The molecule has 28 heavy (non-hydrogen) atoms. The molecule has 7 heteroatoms. The molecular weight excluding hydrogens is 360 g/mol. The molecule has 0 aromatic heterocycles. The van der Waals surface area contributed by atoms with Gasteiger partial charge in [-0.3, -0.25) is 4.79 Å². The van der Waals surface area contributed by atoms with Gasteiger partial charge < -0.3 is 29.6 Å². The standard InChI is InChI=1S/C21H36N2O5/c1-18(2)17-28-20-7-4-6-19(16-20)21(24)23-9-11-26-13-15-27-14-12-25-10-5-8-22-3/h4,6-7,16,18,22H,5,8-15,17H2,1-3H3,(H,23,24). The second kappa shape index (κ2) is 16.3. The Morgan fingerprint density at radius 2 is 1.64 bits per heavy atom. The average molecular weight is 397 g/mol. The maximum Gasteiger partial charge on any atom is 0.251 e. The molecule has 0 heterocycles. The van der Waals surface area contributed by atoms with E-state index in [1.165, 1.54) is 0 Å². The van der Waals surface area contributed by atoms with Crippen LogP contribution in [0.2, 0.25) is 0 Å². The monoisotopic (exact) mass is 396 g/mol. The number of amides is 1. The minimum Gasteiger partial charge on any atom is -0.493 e. The summed E-state index contributed by atoms with van der Waals surface area (Å²) in [5, 5.41) is 5.91. The molecule has 0 saturated carbocycles. The third kappa shape index (κ3) is 12.7. The lowest BCUT2D eigenvalue weighted by Crippen LogP contribution is -2.27. The zero-order chi connectivity index (χ0) is 20.5. The van der Waals surface area contributed by atoms with Crippen LogP contribution in [0, 0.1) is 5.92 Å². The minimum atomic E-state index is -0.134. The first-order valence-electron chi connectivity index (χ1n) is 10.0. The highest BCUT2D eigenvalue weighted by Crippen LogP contribution is 2.14. The second-order valence-electron chi connectivity index (χ2n) is 6.78. The lowest BCUT2D eigenvalue weighted by Gasteiger charge is -2.10. The lowest BCUT2D eigenvalue weighted by molar-refractivity contribution is 0.0148. The molecule has 0 spiro atoms. The van der Waals surface area contributed by atoms with Crippen molar-refractivity contribution in [3.63, 3.8) is 0 Å². The van der Waals surface area contributed by atoms with Crippen molar-refractivity contribution in [1.29, 1.82) is 0 Å². The van der Waals surface area contributed by atoms with E-state index in [1.54, 1.807) is 12.1 Å². The summed E-state index contributed by atoms with van der Waals surface area (Å²) in [6.07, 6.45) is 1.00. The predicted octanol–water partition coefficient (Wildman–Crippen LogP) is 2.11. The van der Waals surface area contributed by atoms with E-state index in [-0.39, 0.29) is 5.91 Å². The summed E-state index contributed by atoms with van der Waals surface area (Å²) in [4.78, 5) is 12.2. The molecule has 0 aliphatic heterocycles. The number of nitrogens with one attached hydrogen (secondary N) is 2. The molecule has 1 rings (SSSR count). The van der Waals surface area contributed by atoms with E-state index in [0.29, 0.717) is 63.4 Å². The Hall–Kier alpha value is -1.67. The molecule has 1 amide bonds. The minimum absolute atomic E-state index is 0.134. The fourth-order valence-corrected chi connectivity index (χ4v) is 2.22. The number of benzene rings is 1. The van der Waals surface area contributed by atoms with Gasteiger partial charge >= 0.3 is 0 Å². The van der Waals surface area contributed by atoms with Gasteiger partial charge in [-0.05, 0) is 44.1 Å². The van der Waals surface area contributed by atoms with Crippen molar-refractivity contribution in [2.75, 3.05) is 66.4 Å². The largest absolute Gasteiger partial charge is 0.493 e. The number of ether oxygens (including phenoxy) is 4. The smallest absolute Gasteiger partial charge is 0.251 e. The molecule has 0 saturated heterocycles. The third-order valence-electron chi connectivity index (χ3n) is 3.67. The molecule has 0 aliphatic rings. The topological polar surface area (TPSA) is 78.0 Å². The molecule has 0 bridgehead atoms. The molecule has 0 atom stereocenters. The highest BCUT2D eigenvalue weighted by molar-refractivity contribution is 5.94. The van der Waals surface area contributed by atoms with Gasteiger partial charge in [0.1, 0.15) is 5.75 Å². The Bertz CT molecular complexity index is 525. The maximum absolute atomic E-state index is 12.2. The molecule has 7 nitrogen and oxygen atoms in total. The van der Waals surface area contributed by atoms with Gasteiger partial charge in [-0.15, -0.1) is 0 Å². The van der Waals surface area contributed by atoms with Crippen LogP contribution in [0.1, 0.15) is 30.6 Å². The van der Waals surface area contributed by atoms with Gasteiger partial charge in [-0.25, -0.2) is 0 Å². The van der Waals surface area contributed by atoms with Crippen molar-refractivity contribution in [1.82, 2.24) is 10.6 Å². The van der Waals surface area contributed by atoms with Crippen LogP contribution in [0.15, 0.2) is 24.3 Å². The van der Waals surface area contributed by atoms with E-state index in [2.05, 4.69) is 24.5 Å². The highest BCUT2D eigenvalue weighted by atomic mass is 16.5. The first kappa shape index (κ1) is 24.4. The van der Waals surface area contributed by atoms with Crippen molar-refractivity contribution in [3.05, 3.63) is 29.8 Å². The van der Waals surface area contributed by atoms with Gasteiger partial charge in [0.25, 0.3) is 5.91 Å². The van der Waals surface area contributed by atoms with Crippen molar-refractivity contribution in [2.24, 2.45) is 5.92 Å². The quantitative estimate of drug-likeness (QED) is 0.393. The van der Waals surface area contributed by atoms with Crippen molar-refractivity contribution >= 4 is 5.91 Å². The van der Waals surface area contributed by atoms with Crippen LogP contribution in [0.3, 0.4) is 0 Å². The van der Waals surface area contributed by atoms with Gasteiger partial charge in [-0.1, -0.05) is 19.9 Å². The molecule has 160 valence electrons. The second-order valence-corrected chi connectivity index (χ2v) is 6.78. The molecule has 0 fully saturated rings. The summed E-state index contributed by atoms with van der Waals surface area (Å²) in [5.41, 5.74) is 0.583. The van der Waals surface area contributed by atoms with Gasteiger partial charge in [0.2, 0.25) is 0 Å². The van der Waals surface area contributed by atoms with E-state index in [4.69, 9.17) is 18.9 Å². The molecule has 0 aliphatic carbocycles. The highest BCUT2D eigenvalue weighted by Gasteiger charge is 2.06. The van der Waals surface area contributed by atoms with E-state index in [0.717, 1.165) is 19.6 Å². The number of hydrogen-bond acceptors (Lipinski definition) is 6. The van der Waals surface area contributed by atoms with Crippen LogP contribution < -0.4 is 15.4 Å². The van der Waals surface area contributed by atoms with Gasteiger partial charge in [0.15, 0.2) is 0 Å². The SMILES string of the molecule is CNCCCOCCOCCOCCNC(=O)c1cccc(OCC(C)C)c1. The van der Waals surface area contributed by atoms with Crippen LogP contribution in [0.4, 0.5) is 0 Å². The Labute approximate surface area is 169 Å². The van der Waals surface area contributed by atoms with Crippen LogP contribution in [0.5, 0.6) is 5.75 Å². The Morgan fingerprint density at radius 1 is 0.964 bits per heavy atom. The normalized spacial score (nSPS) is 11.0. The van der Waals surface area contributed by atoms with Crippen LogP contribution in [-0.2, 0) is 14.2 Å². The van der Waals surface area contributed by atoms with Gasteiger partial charge in [0.05, 0.1) is 39.6 Å². The fourth-order valence-electron chi connectivity index (χ4n) is 2.22. The van der Waals surface area contributed by atoms with Gasteiger partial charge in [0, 0.05) is 18.7 Å². The number of carbonyl (C=O) groups excluding carboxylic acids is 1. The van der Waals surface area contributed by atoms with Crippen LogP contribution >= 0.6 is 0 Å². The average Bonchev–Trinajstić information content (AvgIpc) is 2.70. The van der Waals surface area contributed by atoms with E-state index >= 15 is 0 Å². The summed E-state index contributed by atoms with van der Waals surface area (Å²) in [6.45, 7) is 9.57. The molecular formula is C21H36N2O5. The first-order chi connectivity index (χ1) is 13.6. The molecule has 0 radical (unpaired) electrons. The molecule has 1 aromatic rings. The molecule has 2 N–H and O–H groups in total. The van der Waals surface area contributed by atoms with Crippen LogP contribution in [0.25, 0.3) is 0 Å². The lowest BCUT2D eigenvalue weighted by atomic mass is 10.2. The number of carbonyl (C=O) groups is 1. The number of rotatable bonds is 17. The van der Waals surface area contributed by atoms with Crippen LogP contribution in [-0.4, -0.2) is 72.3 Å². The van der Waals surface area contributed by atoms with Crippen molar-refractivity contribution in [3.8, 4) is 5.75 Å². The summed E-state index contributed by atoms with van der Waals surface area (Å²) >= 11 is 0. The summed E-state index contributed by atoms with van der Waals surface area (Å²) in [6, 6.07) is 7.21. The fraction of sp³-hybridized carbons (Fsp3) is 0.667. The molecule has 0 unspecified atom stereocenters. The predicted molar refractivity (Wildman–Crippen MR) is 110 cm³/mol. The number of hydrogen-bond donors (Lipinski definition) is 2. The Kier molecular flexibility index (Phi) is 14.2. The summed E-state index contributed by atoms with van der Waals surface area (Å²) in [5.74, 6) is 1.01. The first-order valence-corrected chi connectivity index (χ1v) is 10.0. The van der Waals surface area contributed by atoms with Crippen molar-refractivity contribution in [2.45, 2.75) is 20.3 Å². The zero-order valence-corrected chi connectivity index (χ0v) is 17.5. The maximum atomic E-state index is 12.2. The molecule has 1 aromatic carbocycles. The Morgan fingerprint density at radius 3 is 2.32 bits per heavy atom. The van der Waals surface area contributed by atoms with E-state index < -0.39 is 0 Å². The van der Waals surface area contributed by atoms with Crippen molar-refractivity contribution < 1.29 is 23.7 Å². The summed E-state index contributed by atoms with van der Waals surface area (Å²) < 4.78 is 22.0. The summed E-state index contributed by atoms with van der Waals surface area (Å²) in [7, 11) is 1.93. The zero-order valence-electron chi connectivity index (χ0n) is 17.5. The van der Waals surface area contributed by atoms with E-state index in [9.17, 15) is 4.79 Å².